The first-order valence-corrected chi connectivity index (χ1v) is 8.97. The zero-order valence-electron chi connectivity index (χ0n) is 16.5. The first-order valence-electron chi connectivity index (χ1n) is 8.97. The molecule has 0 radical (unpaired) electrons. The van der Waals surface area contributed by atoms with E-state index in [4.69, 9.17) is 0 Å². The standard InChI is InChI=1S/C21H27FN4O.HI/c1-16-6-4-5-7-18(16)15-26(3)21(23-2)25-13-12-24-20(27)14-17-8-10-19(22)11-9-17;/h4-11H,12-15H2,1-3H3,(H,23,25)(H,24,27);1H. The van der Waals surface area contributed by atoms with Gasteiger partial charge in [0.25, 0.3) is 0 Å². The molecule has 2 aromatic rings. The van der Waals surface area contributed by atoms with Gasteiger partial charge in [0, 0.05) is 33.7 Å². The summed E-state index contributed by atoms with van der Waals surface area (Å²) in [6, 6.07) is 14.2. The molecule has 0 saturated heterocycles. The number of nitrogens with one attached hydrogen (secondary N) is 2. The molecule has 0 aliphatic rings. The molecule has 0 atom stereocenters. The molecule has 2 aromatic carbocycles. The Morgan fingerprint density at radius 3 is 2.36 bits per heavy atom. The molecule has 7 heteroatoms. The van der Waals surface area contributed by atoms with Crippen molar-refractivity contribution in [2.24, 2.45) is 4.99 Å². The monoisotopic (exact) mass is 498 g/mol. The largest absolute Gasteiger partial charge is 0.354 e. The molecule has 2 N–H and O–H groups in total. The molecule has 0 aromatic heterocycles. The van der Waals surface area contributed by atoms with Crippen molar-refractivity contribution in [2.75, 3.05) is 27.2 Å². The third kappa shape index (κ3) is 7.84. The van der Waals surface area contributed by atoms with Crippen LogP contribution in [0.1, 0.15) is 16.7 Å². The van der Waals surface area contributed by atoms with E-state index >= 15 is 0 Å². The number of nitrogens with zero attached hydrogens (tertiary/aromatic N) is 2. The Labute approximate surface area is 183 Å². The Kier molecular flexibility index (Phi) is 10.5. The van der Waals surface area contributed by atoms with Crippen molar-refractivity contribution in [1.82, 2.24) is 15.5 Å². The number of hydrogen-bond donors (Lipinski definition) is 2. The highest BCUT2D eigenvalue weighted by molar-refractivity contribution is 14.0. The molecule has 0 aliphatic carbocycles. The minimum Gasteiger partial charge on any atom is -0.354 e. The molecular formula is C21H28FIN4O. The number of carbonyl (C=O) groups is 1. The van der Waals surface area contributed by atoms with E-state index in [1.165, 1.54) is 23.3 Å². The van der Waals surface area contributed by atoms with Gasteiger partial charge in [-0.15, -0.1) is 24.0 Å². The Morgan fingerprint density at radius 1 is 1.07 bits per heavy atom. The molecule has 0 spiro atoms. The first-order chi connectivity index (χ1) is 13.0. The maximum Gasteiger partial charge on any atom is 0.224 e. The average Bonchev–Trinajstić information content (AvgIpc) is 2.65. The minimum absolute atomic E-state index is 0. The summed E-state index contributed by atoms with van der Waals surface area (Å²) in [4.78, 5) is 18.3. The van der Waals surface area contributed by atoms with Crippen molar-refractivity contribution in [3.63, 3.8) is 0 Å². The van der Waals surface area contributed by atoms with Gasteiger partial charge in [-0.1, -0.05) is 36.4 Å². The van der Waals surface area contributed by atoms with Crippen LogP contribution >= 0.6 is 24.0 Å². The van der Waals surface area contributed by atoms with Gasteiger partial charge in [-0.3, -0.25) is 9.79 Å². The summed E-state index contributed by atoms with van der Waals surface area (Å²) in [7, 11) is 3.72. The van der Waals surface area contributed by atoms with E-state index in [0.29, 0.717) is 13.1 Å². The summed E-state index contributed by atoms with van der Waals surface area (Å²) in [5.41, 5.74) is 3.28. The number of amides is 1. The summed E-state index contributed by atoms with van der Waals surface area (Å²) in [6.45, 7) is 3.90. The molecule has 152 valence electrons. The van der Waals surface area contributed by atoms with Crippen LogP contribution < -0.4 is 10.6 Å². The van der Waals surface area contributed by atoms with Gasteiger partial charge in [0.05, 0.1) is 6.42 Å². The Balaban J connectivity index is 0.00000392. The normalized spacial score (nSPS) is 10.8. The molecule has 0 saturated carbocycles. The van der Waals surface area contributed by atoms with Crippen LogP contribution in [-0.4, -0.2) is 44.0 Å². The minimum atomic E-state index is -0.301. The van der Waals surface area contributed by atoms with E-state index in [1.54, 1.807) is 19.2 Å². The van der Waals surface area contributed by atoms with Crippen LogP contribution in [0, 0.1) is 12.7 Å². The predicted molar refractivity (Wildman–Crippen MR) is 123 cm³/mol. The summed E-state index contributed by atoms with van der Waals surface area (Å²) in [5, 5.41) is 6.10. The van der Waals surface area contributed by atoms with E-state index in [-0.39, 0.29) is 42.1 Å². The number of aliphatic imine (C=N–C) groups is 1. The van der Waals surface area contributed by atoms with E-state index in [2.05, 4.69) is 34.7 Å². The van der Waals surface area contributed by atoms with Gasteiger partial charge in [0.1, 0.15) is 5.82 Å². The zero-order valence-corrected chi connectivity index (χ0v) is 18.9. The van der Waals surface area contributed by atoms with Gasteiger partial charge in [-0.25, -0.2) is 4.39 Å². The number of carbonyl (C=O) groups excluding carboxylic acids is 1. The third-order valence-electron chi connectivity index (χ3n) is 4.25. The molecule has 0 aliphatic heterocycles. The van der Waals surface area contributed by atoms with Crippen molar-refractivity contribution in [1.29, 1.82) is 0 Å². The van der Waals surface area contributed by atoms with Crippen LogP contribution in [0.3, 0.4) is 0 Å². The highest BCUT2D eigenvalue weighted by atomic mass is 127. The summed E-state index contributed by atoms with van der Waals surface area (Å²) >= 11 is 0. The van der Waals surface area contributed by atoms with Gasteiger partial charge < -0.3 is 15.5 Å². The van der Waals surface area contributed by atoms with Gasteiger partial charge >= 0.3 is 0 Å². The van der Waals surface area contributed by atoms with Crippen molar-refractivity contribution < 1.29 is 9.18 Å². The number of rotatable bonds is 7. The smallest absolute Gasteiger partial charge is 0.224 e. The van der Waals surface area contributed by atoms with Crippen LogP contribution in [0.4, 0.5) is 4.39 Å². The first kappa shape index (κ1) is 23.9. The molecule has 0 bridgehead atoms. The Morgan fingerprint density at radius 2 is 1.71 bits per heavy atom. The lowest BCUT2D eigenvalue weighted by Gasteiger charge is -2.23. The quantitative estimate of drug-likeness (QED) is 0.267. The second-order valence-electron chi connectivity index (χ2n) is 6.41. The number of hydrogen-bond acceptors (Lipinski definition) is 2. The van der Waals surface area contributed by atoms with E-state index in [0.717, 1.165) is 18.1 Å². The molecule has 0 fully saturated rings. The van der Waals surface area contributed by atoms with Crippen LogP contribution in [0.2, 0.25) is 0 Å². The van der Waals surface area contributed by atoms with E-state index < -0.39 is 0 Å². The highest BCUT2D eigenvalue weighted by Gasteiger charge is 2.08. The van der Waals surface area contributed by atoms with Crippen LogP contribution in [-0.2, 0) is 17.8 Å². The van der Waals surface area contributed by atoms with Crippen LogP contribution in [0.25, 0.3) is 0 Å². The lowest BCUT2D eigenvalue weighted by Crippen LogP contribution is -2.42. The van der Waals surface area contributed by atoms with Gasteiger partial charge in [0.2, 0.25) is 5.91 Å². The second-order valence-corrected chi connectivity index (χ2v) is 6.41. The average molecular weight is 498 g/mol. The summed E-state index contributed by atoms with van der Waals surface area (Å²) < 4.78 is 12.9. The Hall–Kier alpha value is -2.16. The fourth-order valence-corrected chi connectivity index (χ4v) is 2.73. The van der Waals surface area contributed by atoms with Crippen LogP contribution in [0.15, 0.2) is 53.5 Å². The molecule has 0 heterocycles. The second kappa shape index (κ2) is 12.3. The molecule has 0 unspecified atom stereocenters. The zero-order chi connectivity index (χ0) is 19.6. The fraction of sp³-hybridized carbons (Fsp3) is 0.333. The van der Waals surface area contributed by atoms with Crippen molar-refractivity contribution in [3.8, 4) is 0 Å². The maximum atomic E-state index is 12.9. The number of benzene rings is 2. The van der Waals surface area contributed by atoms with Gasteiger partial charge in [-0.05, 0) is 35.7 Å². The highest BCUT2D eigenvalue weighted by Crippen LogP contribution is 2.09. The molecule has 2 rings (SSSR count). The number of guanidine groups is 1. The third-order valence-corrected chi connectivity index (χ3v) is 4.25. The molecular weight excluding hydrogens is 470 g/mol. The van der Waals surface area contributed by atoms with Crippen LogP contribution in [0.5, 0.6) is 0 Å². The maximum absolute atomic E-state index is 12.9. The Bertz CT molecular complexity index is 780. The SMILES string of the molecule is CN=C(NCCNC(=O)Cc1ccc(F)cc1)N(C)Cc1ccccc1C.I. The van der Waals surface area contributed by atoms with Crippen molar-refractivity contribution in [2.45, 2.75) is 19.9 Å². The van der Waals surface area contributed by atoms with E-state index in [1.807, 2.05) is 24.1 Å². The molecule has 5 nitrogen and oxygen atoms in total. The number of aryl methyl sites for hydroxylation is 1. The van der Waals surface area contributed by atoms with Crippen molar-refractivity contribution in [3.05, 3.63) is 71.0 Å². The number of halogens is 2. The summed E-state index contributed by atoms with van der Waals surface area (Å²) in [6.07, 6.45) is 0.238. The molecule has 28 heavy (non-hydrogen) atoms. The van der Waals surface area contributed by atoms with Gasteiger partial charge in [0.15, 0.2) is 5.96 Å². The molecule has 1 amide bonds. The lowest BCUT2D eigenvalue weighted by atomic mass is 10.1. The lowest BCUT2D eigenvalue weighted by molar-refractivity contribution is -0.120. The topological polar surface area (TPSA) is 56.7 Å². The van der Waals surface area contributed by atoms with E-state index in [9.17, 15) is 9.18 Å². The predicted octanol–water partition coefficient (Wildman–Crippen LogP) is 3.12. The van der Waals surface area contributed by atoms with Gasteiger partial charge in [-0.2, -0.15) is 0 Å². The fourth-order valence-electron chi connectivity index (χ4n) is 2.73. The van der Waals surface area contributed by atoms with Crippen molar-refractivity contribution >= 4 is 35.8 Å². The summed E-state index contributed by atoms with van der Waals surface area (Å²) in [5.74, 6) is 0.377.